The van der Waals surface area contributed by atoms with Gasteiger partial charge in [0, 0.05) is 16.1 Å². The van der Waals surface area contributed by atoms with Crippen LogP contribution in [0.2, 0.25) is 0 Å². The van der Waals surface area contributed by atoms with E-state index >= 15 is 0 Å². The second kappa shape index (κ2) is 7.82. The smallest absolute Gasteiger partial charge is 0.325 e. The summed E-state index contributed by atoms with van der Waals surface area (Å²) in [5.74, 6) is -3.27. The molecule has 2 aromatic rings. The summed E-state index contributed by atoms with van der Waals surface area (Å²) >= 11 is 3.32. The fourth-order valence-electron chi connectivity index (χ4n) is 1.75. The summed E-state index contributed by atoms with van der Waals surface area (Å²) in [5.41, 5.74) is 0.432. The molecule has 0 unspecified atom stereocenters. The minimum Gasteiger partial charge on any atom is -0.459 e. The Kier molecular flexibility index (Phi) is 5.81. The molecule has 2 rings (SSSR count). The zero-order chi connectivity index (χ0) is 16.8. The van der Waals surface area contributed by atoms with Crippen LogP contribution in [-0.2, 0) is 16.1 Å². The van der Waals surface area contributed by atoms with Crippen molar-refractivity contribution in [2.24, 2.45) is 0 Å². The van der Waals surface area contributed by atoms with E-state index in [4.69, 9.17) is 4.74 Å². The predicted molar refractivity (Wildman–Crippen MR) is 82.6 cm³/mol. The first-order valence-electron chi connectivity index (χ1n) is 6.59. The minimum absolute atomic E-state index is 0.0427. The maximum atomic E-state index is 13.4. The van der Waals surface area contributed by atoms with Gasteiger partial charge in [0.15, 0.2) is 0 Å². The first-order chi connectivity index (χ1) is 11.0. The van der Waals surface area contributed by atoms with E-state index in [1.165, 1.54) is 0 Å². The Bertz CT molecular complexity index is 737. The van der Waals surface area contributed by atoms with Crippen LogP contribution in [0.4, 0.5) is 8.78 Å². The lowest BCUT2D eigenvalue weighted by molar-refractivity contribution is -0.143. The van der Waals surface area contributed by atoms with Crippen molar-refractivity contribution in [2.75, 3.05) is 6.54 Å². The Morgan fingerprint density at radius 2 is 1.87 bits per heavy atom. The van der Waals surface area contributed by atoms with Gasteiger partial charge in [-0.05, 0) is 18.2 Å². The molecule has 0 radical (unpaired) electrons. The lowest BCUT2D eigenvalue weighted by atomic mass is 10.2. The molecule has 0 atom stereocenters. The van der Waals surface area contributed by atoms with Gasteiger partial charge in [0.05, 0.1) is 5.56 Å². The van der Waals surface area contributed by atoms with E-state index in [0.717, 1.165) is 22.2 Å². The molecule has 0 aliphatic rings. The van der Waals surface area contributed by atoms with Crippen LogP contribution < -0.4 is 5.32 Å². The van der Waals surface area contributed by atoms with Crippen LogP contribution in [0.3, 0.4) is 0 Å². The van der Waals surface area contributed by atoms with Crippen LogP contribution in [0.5, 0.6) is 0 Å². The van der Waals surface area contributed by atoms with Crippen molar-refractivity contribution in [3.8, 4) is 0 Å². The SMILES string of the molecule is O=C(CNC(=O)c1ccc(F)cc1F)OCc1ccccc1Br. The lowest BCUT2D eigenvalue weighted by Crippen LogP contribution is -2.31. The van der Waals surface area contributed by atoms with E-state index in [-0.39, 0.29) is 12.2 Å². The van der Waals surface area contributed by atoms with Gasteiger partial charge in [-0.3, -0.25) is 9.59 Å². The van der Waals surface area contributed by atoms with E-state index < -0.39 is 30.1 Å². The van der Waals surface area contributed by atoms with E-state index in [1.54, 1.807) is 12.1 Å². The van der Waals surface area contributed by atoms with Crippen LogP contribution in [-0.4, -0.2) is 18.4 Å². The maximum Gasteiger partial charge on any atom is 0.325 e. The highest BCUT2D eigenvalue weighted by Crippen LogP contribution is 2.16. The Balaban J connectivity index is 1.84. The number of ether oxygens (including phenoxy) is 1. The monoisotopic (exact) mass is 383 g/mol. The van der Waals surface area contributed by atoms with Crippen molar-refractivity contribution >= 4 is 27.8 Å². The molecular weight excluding hydrogens is 372 g/mol. The normalized spacial score (nSPS) is 10.2. The number of carbonyl (C=O) groups is 2. The molecule has 0 aliphatic carbocycles. The Morgan fingerprint density at radius 3 is 2.57 bits per heavy atom. The number of esters is 1. The van der Waals surface area contributed by atoms with Crippen LogP contribution in [0.25, 0.3) is 0 Å². The number of hydrogen-bond donors (Lipinski definition) is 1. The summed E-state index contributed by atoms with van der Waals surface area (Å²) in [7, 11) is 0. The van der Waals surface area contributed by atoms with Crippen molar-refractivity contribution in [3.63, 3.8) is 0 Å². The van der Waals surface area contributed by atoms with Crippen molar-refractivity contribution < 1.29 is 23.1 Å². The lowest BCUT2D eigenvalue weighted by Gasteiger charge is -2.08. The molecule has 0 saturated heterocycles. The number of amides is 1. The molecule has 0 aliphatic heterocycles. The first-order valence-corrected chi connectivity index (χ1v) is 7.39. The average molecular weight is 384 g/mol. The number of carbonyl (C=O) groups excluding carboxylic acids is 2. The molecule has 1 N–H and O–H groups in total. The second-order valence-electron chi connectivity index (χ2n) is 4.56. The zero-order valence-corrected chi connectivity index (χ0v) is 13.4. The van der Waals surface area contributed by atoms with Crippen molar-refractivity contribution in [3.05, 3.63) is 69.7 Å². The molecule has 7 heteroatoms. The first kappa shape index (κ1) is 17.1. The number of rotatable bonds is 5. The molecule has 1 amide bonds. The summed E-state index contributed by atoms with van der Waals surface area (Å²) in [6.07, 6.45) is 0. The summed E-state index contributed by atoms with van der Waals surface area (Å²) in [6.45, 7) is -0.374. The molecule has 4 nitrogen and oxygen atoms in total. The molecule has 0 bridgehead atoms. The molecule has 23 heavy (non-hydrogen) atoms. The van der Waals surface area contributed by atoms with Gasteiger partial charge < -0.3 is 10.1 Å². The summed E-state index contributed by atoms with van der Waals surface area (Å²) in [6, 6.07) is 9.78. The molecule has 0 spiro atoms. The van der Waals surface area contributed by atoms with Crippen LogP contribution in [0.15, 0.2) is 46.9 Å². The van der Waals surface area contributed by atoms with Crippen LogP contribution in [0, 0.1) is 11.6 Å². The fraction of sp³-hybridized carbons (Fsp3) is 0.125. The Morgan fingerprint density at radius 1 is 1.13 bits per heavy atom. The summed E-state index contributed by atoms with van der Waals surface area (Å²) < 4.78 is 32.0. The highest BCUT2D eigenvalue weighted by atomic mass is 79.9. The van der Waals surface area contributed by atoms with Crippen LogP contribution in [0.1, 0.15) is 15.9 Å². The van der Waals surface area contributed by atoms with Crippen LogP contribution >= 0.6 is 15.9 Å². The predicted octanol–water partition coefficient (Wildman–Crippen LogP) is 3.20. The van der Waals surface area contributed by atoms with Gasteiger partial charge in [-0.1, -0.05) is 34.1 Å². The Hall–Kier alpha value is -2.28. The highest BCUT2D eigenvalue weighted by molar-refractivity contribution is 9.10. The molecule has 2 aromatic carbocycles. The van der Waals surface area contributed by atoms with Crippen molar-refractivity contribution in [1.82, 2.24) is 5.32 Å². The van der Waals surface area contributed by atoms with Gasteiger partial charge in [0.2, 0.25) is 0 Å². The molecule has 0 fully saturated rings. The topological polar surface area (TPSA) is 55.4 Å². The number of hydrogen-bond acceptors (Lipinski definition) is 3. The number of benzene rings is 2. The van der Waals surface area contributed by atoms with Crippen molar-refractivity contribution in [1.29, 1.82) is 0 Å². The molecular formula is C16H12BrF2NO3. The Labute approximate surface area is 139 Å². The number of halogens is 3. The van der Waals surface area contributed by atoms with Crippen molar-refractivity contribution in [2.45, 2.75) is 6.61 Å². The third kappa shape index (κ3) is 4.85. The highest BCUT2D eigenvalue weighted by Gasteiger charge is 2.14. The quantitative estimate of drug-likeness (QED) is 0.806. The zero-order valence-electron chi connectivity index (χ0n) is 11.8. The number of nitrogens with one attached hydrogen (secondary N) is 1. The van der Waals surface area contributed by atoms with Gasteiger partial charge in [0.1, 0.15) is 24.8 Å². The van der Waals surface area contributed by atoms with Gasteiger partial charge in [-0.25, -0.2) is 8.78 Å². The molecule has 120 valence electrons. The largest absolute Gasteiger partial charge is 0.459 e. The van der Waals surface area contributed by atoms with Gasteiger partial charge in [0.25, 0.3) is 5.91 Å². The third-order valence-electron chi connectivity index (χ3n) is 2.92. The molecule has 0 saturated carbocycles. The van der Waals surface area contributed by atoms with E-state index in [9.17, 15) is 18.4 Å². The van der Waals surface area contributed by atoms with E-state index in [0.29, 0.717) is 6.07 Å². The molecule has 0 aromatic heterocycles. The van der Waals surface area contributed by atoms with Gasteiger partial charge >= 0.3 is 5.97 Å². The van der Waals surface area contributed by atoms with E-state index in [1.807, 2.05) is 12.1 Å². The second-order valence-corrected chi connectivity index (χ2v) is 5.41. The third-order valence-corrected chi connectivity index (χ3v) is 3.69. The molecule has 0 heterocycles. The van der Waals surface area contributed by atoms with E-state index in [2.05, 4.69) is 21.2 Å². The standard InChI is InChI=1S/C16H12BrF2NO3/c17-13-4-2-1-3-10(13)9-23-15(21)8-20-16(22)12-6-5-11(18)7-14(12)19/h1-7H,8-9H2,(H,20,22). The van der Waals surface area contributed by atoms with Gasteiger partial charge in [-0.2, -0.15) is 0 Å². The maximum absolute atomic E-state index is 13.4. The minimum atomic E-state index is -0.996. The fourth-order valence-corrected chi connectivity index (χ4v) is 2.15. The average Bonchev–Trinajstić information content (AvgIpc) is 2.52. The summed E-state index contributed by atoms with van der Waals surface area (Å²) in [4.78, 5) is 23.3. The van der Waals surface area contributed by atoms with Gasteiger partial charge in [-0.15, -0.1) is 0 Å². The summed E-state index contributed by atoms with van der Waals surface area (Å²) in [5, 5.41) is 2.22.